The van der Waals surface area contributed by atoms with Crippen LogP contribution in [-0.4, -0.2) is 34.0 Å². The molecule has 0 aromatic carbocycles. The van der Waals surface area contributed by atoms with Gasteiger partial charge in [0, 0.05) is 12.5 Å². The second-order valence-corrected chi connectivity index (χ2v) is 6.60. The number of amides is 1. The Labute approximate surface area is 121 Å². The predicted octanol–water partition coefficient (Wildman–Crippen LogP) is 3.06. The quantitative estimate of drug-likeness (QED) is 0.842. The average molecular weight is 281 g/mol. The molecule has 0 spiro atoms. The van der Waals surface area contributed by atoms with E-state index >= 15 is 0 Å². The van der Waals surface area contributed by atoms with Crippen LogP contribution in [0.15, 0.2) is 0 Å². The van der Waals surface area contributed by atoms with E-state index in [0.717, 1.165) is 32.1 Å². The van der Waals surface area contributed by atoms with Gasteiger partial charge in [0.05, 0.1) is 0 Å². The van der Waals surface area contributed by atoms with Crippen molar-refractivity contribution < 1.29 is 14.7 Å². The Balaban J connectivity index is 2.08. The summed E-state index contributed by atoms with van der Waals surface area (Å²) in [5, 5.41) is 9.42. The van der Waals surface area contributed by atoms with Gasteiger partial charge in [-0.15, -0.1) is 0 Å². The molecule has 4 heteroatoms. The molecule has 114 valence electrons. The first-order valence-corrected chi connectivity index (χ1v) is 8.08. The first-order chi connectivity index (χ1) is 9.54. The Morgan fingerprint density at radius 3 is 2.65 bits per heavy atom. The molecule has 1 amide bonds. The van der Waals surface area contributed by atoms with E-state index in [1.807, 2.05) is 0 Å². The van der Waals surface area contributed by atoms with Crippen LogP contribution in [0.5, 0.6) is 0 Å². The van der Waals surface area contributed by atoms with Crippen LogP contribution in [0.3, 0.4) is 0 Å². The van der Waals surface area contributed by atoms with Crippen molar-refractivity contribution in [3.8, 4) is 0 Å². The van der Waals surface area contributed by atoms with Gasteiger partial charge in [0.25, 0.3) is 0 Å². The molecule has 0 aromatic heterocycles. The summed E-state index contributed by atoms with van der Waals surface area (Å²) in [5.41, 5.74) is 0. The molecular weight excluding hydrogens is 254 g/mol. The Morgan fingerprint density at radius 2 is 2.00 bits per heavy atom. The summed E-state index contributed by atoms with van der Waals surface area (Å²) in [6, 6.07) is -0.393. The summed E-state index contributed by atoms with van der Waals surface area (Å²) in [6.45, 7) is 4.21. The number of carboxylic acids is 1. The third-order valence-corrected chi connectivity index (χ3v) is 4.97. The van der Waals surface area contributed by atoms with Crippen LogP contribution < -0.4 is 0 Å². The summed E-state index contributed by atoms with van der Waals surface area (Å²) < 4.78 is 0. The molecule has 20 heavy (non-hydrogen) atoms. The molecule has 4 unspecified atom stereocenters. The van der Waals surface area contributed by atoms with Gasteiger partial charge in [-0.2, -0.15) is 0 Å². The van der Waals surface area contributed by atoms with Crippen molar-refractivity contribution in [3.63, 3.8) is 0 Å². The monoisotopic (exact) mass is 281 g/mol. The number of aliphatic carboxylic acids is 1. The van der Waals surface area contributed by atoms with Crippen molar-refractivity contribution in [2.45, 2.75) is 77.3 Å². The third kappa shape index (κ3) is 3.15. The lowest BCUT2D eigenvalue weighted by Gasteiger charge is -2.33. The van der Waals surface area contributed by atoms with E-state index < -0.39 is 12.0 Å². The van der Waals surface area contributed by atoms with Crippen LogP contribution in [0.1, 0.15) is 65.2 Å². The molecule has 4 atom stereocenters. The Kier molecular flexibility index (Phi) is 5.06. The molecule has 2 aliphatic rings. The van der Waals surface area contributed by atoms with Crippen molar-refractivity contribution in [2.75, 3.05) is 0 Å². The van der Waals surface area contributed by atoms with Gasteiger partial charge in [-0.25, -0.2) is 4.79 Å². The van der Waals surface area contributed by atoms with Crippen molar-refractivity contribution >= 4 is 11.9 Å². The second kappa shape index (κ2) is 6.59. The fourth-order valence-corrected chi connectivity index (χ4v) is 4.04. The number of rotatable bonds is 5. The van der Waals surface area contributed by atoms with Crippen molar-refractivity contribution in [1.29, 1.82) is 0 Å². The third-order valence-electron chi connectivity index (χ3n) is 4.97. The molecule has 0 bridgehead atoms. The second-order valence-electron chi connectivity index (χ2n) is 6.60. The normalized spacial score (nSPS) is 30.9. The molecular formula is C16H27NO3. The molecule has 1 saturated carbocycles. The highest BCUT2D eigenvalue weighted by Crippen LogP contribution is 2.40. The summed E-state index contributed by atoms with van der Waals surface area (Å²) in [5.74, 6) is 0.00325. The van der Waals surface area contributed by atoms with Gasteiger partial charge >= 0.3 is 5.97 Å². The van der Waals surface area contributed by atoms with Gasteiger partial charge in [0.15, 0.2) is 0 Å². The SMILES string of the molecule is CCCC(C)CC(=O)N1C(C(=O)O)CC2CCCCC21. The maximum absolute atomic E-state index is 12.6. The maximum Gasteiger partial charge on any atom is 0.326 e. The summed E-state index contributed by atoms with van der Waals surface area (Å²) in [6.07, 6.45) is 7.65. The first kappa shape index (κ1) is 15.3. The van der Waals surface area contributed by atoms with E-state index in [0.29, 0.717) is 24.7 Å². The molecule has 4 nitrogen and oxygen atoms in total. The highest BCUT2D eigenvalue weighted by Gasteiger charge is 2.47. The number of carbonyl (C=O) groups is 2. The van der Waals surface area contributed by atoms with Crippen LogP contribution >= 0.6 is 0 Å². The fourth-order valence-electron chi connectivity index (χ4n) is 4.04. The Morgan fingerprint density at radius 1 is 1.30 bits per heavy atom. The van der Waals surface area contributed by atoms with Gasteiger partial charge in [0.1, 0.15) is 6.04 Å². The minimum absolute atomic E-state index is 0.0627. The molecule has 0 radical (unpaired) electrons. The van der Waals surface area contributed by atoms with E-state index in [9.17, 15) is 14.7 Å². The summed E-state index contributed by atoms with van der Waals surface area (Å²) in [4.78, 5) is 25.8. The molecule has 0 aromatic rings. The van der Waals surface area contributed by atoms with Gasteiger partial charge < -0.3 is 10.0 Å². The first-order valence-electron chi connectivity index (χ1n) is 8.08. The standard InChI is InChI=1S/C16H27NO3/c1-3-6-11(2)9-15(18)17-13-8-5-4-7-12(13)10-14(17)16(19)20/h11-14H,3-10H2,1-2H3,(H,19,20). The van der Waals surface area contributed by atoms with Gasteiger partial charge in [-0.05, 0) is 31.1 Å². The number of hydrogen-bond donors (Lipinski definition) is 1. The highest BCUT2D eigenvalue weighted by molar-refractivity contribution is 5.85. The van der Waals surface area contributed by atoms with E-state index in [1.165, 1.54) is 6.42 Å². The molecule has 1 N–H and O–H groups in total. The van der Waals surface area contributed by atoms with Crippen LogP contribution in [-0.2, 0) is 9.59 Å². The molecule has 1 aliphatic heterocycles. The number of carboxylic acid groups (broad SMARTS) is 1. The van der Waals surface area contributed by atoms with Crippen LogP contribution in [0.2, 0.25) is 0 Å². The van der Waals surface area contributed by atoms with Crippen LogP contribution in [0, 0.1) is 11.8 Å². The van der Waals surface area contributed by atoms with E-state index in [-0.39, 0.29) is 11.9 Å². The maximum atomic E-state index is 12.6. The number of likely N-dealkylation sites (tertiary alicyclic amines) is 1. The van der Waals surface area contributed by atoms with Crippen LogP contribution in [0.25, 0.3) is 0 Å². The zero-order valence-electron chi connectivity index (χ0n) is 12.7. The Bertz CT molecular complexity index is 369. The van der Waals surface area contributed by atoms with Gasteiger partial charge in [0.2, 0.25) is 5.91 Å². The van der Waals surface area contributed by atoms with E-state index in [2.05, 4.69) is 13.8 Å². The van der Waals surface area contributed by atoms with Crippen molar-refractivity contribution in [1.82, 2.24) is 4.90 Å². The largest absolute Gasteiger partial charge is 0.480 e. The number of carbonyl (C=O) groups excluding carboxylic acids is 1. The zero-order valence-corrected chi connectivity index (χ0v) is 12.7. The molecule has 1 aliphatic carbocycles. The number of fused-ring (bicyclic) bond motifs is 1. The van der Waals surface area contributed by atoms with Crippen molar-refractivity contribution in [2.24, 2.45) is 11.8 Å². The summed E-state index contributed by atoms with van der Waals surface area (Å²) in [7, 11) is 0. The molecule has 2 rings (SSSR count). The lowest BCUT2D eigenvalue weighted by atomic mass is 9.84. The van der Waals surface area contributed by atoms with Gasteiger partial charge in [-0.1, -0.05) is 39.5 Å². The van der Waals surface area contributed by atoms with Crippen LogP contribution in [0.4, 0.5) is 0 Å². The fraction of sp³-hybridized carbons (Fsp3) is 0.875. The molecule has 1 heterocycles. The number of nitrogens with zero attached hydrogens (tertiary/aromatic N) is 1. The van der Waals surface area contributed by atoms with Gasteiger partial charge in [-0.3, -0.25) is 4.79 Å². The minimum atomic E-state index is -0.823. The topological polar surface area (TPSA) is 57.6 Å². The number of hydrogen-bond acceptors (Lipinski definition) is 2. The molecule has 1 saturated heterocycles. The molecule has 2 fully saturated rings. The van der Waals surface area contributed by atoms with Crippen molar-refractivity contribution in [3.05, 3.63) is 0 Å². The zero-order chi connectivity index (χ0) is 14.7. The lowest BCUT2D eigenvalue weighted by Crippen LogP contribution is -2.46. The smallest absolute Gasteiger partial charge is 0.326 e. The highest BCUT2D eigenvalue weighted by atomic mass is 16.4. The lowest BCUT2D eigenvalue weighted by molar-refractivity contribution is -0.150. The predicted molar refractivity (Wildman–Crippen MR) is 77.3 cm³/mol. The summed E-state index contributed by atoms with van der Waals surface area (Å²) >= 11 is 0. The van der Waals surface area contributed by atoms with E-state index in [1.54, 1.807) is 4.90 Å². The Hall–Kier alpha value is -1.06. The minimum Gasteiger partial charge on any atom is -0.480 e. The average Bonchev–Trinajstić information content (AvgIpc) is 2.78. The van der Waals surface area contributed by atoms with E-state index in [4.69, 9.17) is 0 Å².